The first-order valence-corrected chi connectivity index (χ1v) is 8.48. The molecule has 26 heavy (non-hydrogen) atoms. The van der Waals surface area contributed by atoms with Crippen LogP contribution in [0, 0.1) is 5.92 Å². The molecule has 2 aromatic carbocycles. The van der Waals surface area contributed by atoms with Crippen molar-refractivity contribution >= 4 is 29.1 Å². The van der Waals surface area contributed by atoms with Gasteiger partial charge >= 0.3 is 0 Å². The Morgan fingerprint density at radius 2 is 2.00 bits per heavy atom. The third-order valence-corrected chi connectivity index (χ3v) is 4.55. The lowest BCUT2D eigenvalue weighted by molar-refractivity contribution is -0.119. The van der Waals surface area contributed by atoms with Crippen LogP contribution in [0.3, 0.4) is 0 Å². The average molecular weight is 366 g/mol. The van der Waals surface area contributed by atoms with Crippen LogP contribution in [0.15, 0.2) is 73.2 Å². The van der Waals surface area contributed by atoms with Crippen molar-refractivity contribution in [3.63, 3.8) is 0 Å². The molecule has 0 saturated carbocycles. The van der Waals surface area contributed by atoms with Gasteiger partial charge in [0.15, 0.2) is 0 Å². The molecule has 130 valence electrons. The van der Waals surface area contributed by atoms with Gasteiger partial charge in [-0.15, -0.1) is 0 Å². The van der Waals surface area contributed by atoms with Crippen molar-refractivity contribution in [2.24, 2.45) is 5.92 Å². The van der Waals surface area contributed by atoms with E-state index < -0.39 is 12.0 Å². The molecule has 0 radical (unpaired) electrons. The Morgan fingerprint density at radius 3 is 2.77 bits per heavy atom. The minimum atomic E-state index is -0.581. The fourth-order valence-electron chi connectivity index (χ4n) is 3.16. The minimum absolute atomic E-state index is 0.181. The van der Waals surface area contributed by atoms with Gasteiger partial charge in [0.25, 0.3) is 0 Å². The van der Waals surface area contributed by atoms with E-state index in [1.54, 1.807) is 10.7 Å². The van der Waals surface area contributed by atoms with Crippen LogP contribution in [0.5, 0.6) is 0 Å². The van der Waals surface area contributed by atoms with Crippen LogP contribution < -0.4 is 10.6 Å². The van der Waals surface area contributed by atoms with Gasteiger partial charge in [0, 0.05) is 16.4 Å². The van der Waals surface area contributed by atoms with Crippen molar-refractivity contribution in [3.8, 4) is 0 Å². The quantitative estimate of drug-likeness (QED) is 0.742. The zero-order valence-electron chi connectivity index (χ0n) is 13.8. The SMILES string of the molecule is C=C1Nc2ncnn2[C@H](c2cccc(Cl)c2)[C@H]1C(=O)Nc1ccccc1. The smallest absolute Gasteiger partial charge is 0.235 e. The molecule has 3 aromatic rings. The maximum Gasteiger partial charge on any atom is 0.235 e. The summed E-state index contributed by atoms with van der Waals surface area (Å²) in [6.07, 6.45) is 1.45. The molecule has 0 unspecified atom stereocenters. The molecule has 0 bridgehead atoms. The van der Waals surface area contributed by atoms with Crippen LogP contribution in [0.25, 0.3) is 0 Å². The van der Waals surface area contributed by atoms with Gasteiger partial charge in [0.2, 0.25) is 11.9 Å². The molecule has 2 heterocycles. The van der Waals surface area contributed by atoms with Gasteiger partial charge in [-0.2, -0.15) is 10.1 Å². The van der Waals surface area contributed by atoms with E-state index in [0.29, 0.717) is 16.7 Å². The fraction of sp³-hybridized carbons (Fsp3) is 0.105. The van der Waals surface area contributed by atoms with Crippen molar-refractivity contribution in [3.05, 3.63) is 83.8 Å². The first kappa shape index (κ1) is 16.4. The van der Waals surface area contributed by atoms with E-state index in [-0.39, 0.29) is 5.91 Å². The number of hydrogen-bond acceptors (Lipinski definition) is 4. The predicted molar refractivity (Wildman–Crippen MR) is 101 cm³/mol. The van der Waals surface area contributed by atoms with Gasteiger partial charge in [-0.25, -0.2) is 4.68 Å². The zero-order chi connectivity index (χ0) is 18.1. The number of fused-ring (bicyclic) bond motifs is 1. The average Bonchev–Trinajstić information content (AvgIpc) is 3.09. The summed E-state index contributed by atoms with van der Waals surface area (Å²) in [4.78, 5) is 17.3. The monoisotopic (exact) mass is 365 g/mol. The number of para-hydroxylation sites is 1. The van der Waals surface area contributed by atoms with E-state index in [1.807, 2.05) is 48.5 Å². The number of carbonyl (C=O) groups is 1. The largest absolute Gasteiger partial charge is 0.328 e. The van der Waals surface area contributed by atoms with Gasteiger partial charge in [-0.1, -0.05) is 48.5 Å². The molecule has 0 spiro atoms. The summed E-state index contributed by atoms with van der Waals surface area (Å²) in [7, 11) is 0. The Labute approximate surface area is 155 Å². The molecular weight excluding hydrogens is 350 g/mol. The molecule has 0 saturated heterocycles. The van der Waals surface area contributed by atoms with Gasteiger partial charge < -0.3 is 10.6 Å². The van der Waals surface area contributed by atoms with E-state index in [1.165, 1.54) is 6.33 Å². The van der Waals surface area contributed by atoms with Crippen LogP contribution in [-0.4, -0.2) is 20.7 Å². The molecule has 6 nitrogen and oxygen atoms in total. The second-order valence-electron chi connectivity index (χ2n) is 6.01. The maximum absolute atomic E-state index is 13.1. The lowest BCUT2D eigenvalue weighted by Gasteiger charge is -2.33. The number of anilines is 2. The summed E-state index contributed by atoms with van der Waals surface area (Å²) in [6, 6.07) is 16.3. The summed E-state index contributed by atoms with van der Waals surface area (Å²) in [5.41, 5.74) is 2.14. The van der Waals surface area contributed by atoms with Crippen LogP contribution in [-0.2, 0) is 4.79 Å². The van der Waals surface area contributed by atoms with Crippen molar-refractivity contribution < 1.29 is 4.79 Å². The predicted octanol–water partition coefficient (Wildman–Crippen LogP) is 3.72. The molecule has 2 atom stereocenters. The minimum Gasteiger partial charge on any atom is -0.328 e. The van der Waals surface area contributed by atoms with Crippen LogP contribution >= 0.6 is 11.6 Å². The van der Waals surface area contributed by atoms with E-state index in [2.05, 4.69) is 27.3 Å². The van der Waals surface area contributed by atoms with Crippen molar-refractivity contribution in [1.82, 2.24) is 14.8 Å². The molecule has 2 N–H and O–H groups in total. The highest BCUT2D eigenvalue weighted by atomic mass is 35.5. The number of rotatable bonds is 3. The number of amides is 1. The third-order valence-electron chi connectivity index (χ3n) is 4.31. The number of benzene rings is 2. The van der Waals surface area contributed by atoms with E-state index in [0.717, 1.165) is 11.3 Å². The summed E-state index contributed by atoms with van der Waals surface area (Å²) in [5.74, 6) is -0.216. The summed E-state index contributed by atoms with van der Waals surface area (Å²) in [5, 5.41) is 10.9. The third kappa shape index (κ3) is 2.95. The van der Waals surface area contributed by atoms with Gasteiger partial charge in [0.05, 0.1) is 6.04 Å². The topological polar surface area (TPSA) is 71.8 Å². The Bertz CT molecular complexity index is 969. The van der Waals surface area contributed by atoms with Crippen LogP contribution in [0.2, 0.25) is 5.02 Å². The lowest BCUT2D eigenvalue weighted by atomic mass is 9.88. The highest BCUT2D eigenvalue weighted by molar-refractivity contribution is 6.30. The first-order chi connectivity index (χ1) is 12.6. The molecule has 1 aliphatic rings. The molecule has 4 rings (SSSR count). The van der Waals surface area contributed by atoms with E-state index >= 15 is 0 Å². The summed E-state index contributed by atoms with van der Waals surface area (Å²) in [6.45, 7) is 4.05. The standard InChI is InChI=1S/C19H16ClN5O/c1-12-16(18(26)24-15-8-3-2-4-9-15)17(13-6-5-7-14(20)10-13)25-19(23-12)21-11-22-25/h2-11,16-17H,1H2,(H,24,26)(H,21,22,23)/t16-,17+/m0/s1. The second-order valence-corrected chi connectivity index (χ2v) is 6.45. The number of nitrogens with one attached hydrogen (secondary N) is 2. The van der Waals surface area contributed by atoms with E-state index in [9.17, 15) is 4.79 Å². The second kappa shape index (κ2) is 6.65. The molecule has 1 amide bonds. The number of halogens is 1. The van der Waals surface area contributed by atoms with Gasteiger partial charge in [0.1, 0.15) is 12.2 Å². The van der Waals surface area contributed by atoms with Crippen LogP contribution in [0.1, 0.15) is 11.6 Å². The molecule has 0 aliphatic carbocycles. The zero-order valence-corrected chi connectivity index (χ0v) is 14.5. The molecular formula is C19H16ClN5O. The Balaban J connectivity index is 1.75. The summed E-state index contributed by atoms with van der Waals surface area (Å²) >= 11 is 6.17. The maximum atomic E-state index is 13.1. The normalized spacial score (nSPS) is 18.7. The summed E-state index contributed by atoms with van der Waals surface area (Å²) < 4.78 is 1.69. The first-order valence-electron chi connectivity index (χ1n) is 8.10. The Morgan fingerprint density at radius 1 is 1.19 bits per heavy atom. The molecule has 1 aliphatic heterocycles. The lowest BCUT2D eigenvalue weighted by Crippen LogP contribution is -2.39. The fourth-order valence-corrected chi connectivity index (χ4v) is 3.36. The highest BCUT2D eigenvalue weighted by Gasteiger charge is 2.39. The number of nitrogens with zero attached hydrogens (tertiary/aromatic N) is 3. The Hall–Kier alpha value is -3.12. The van der Waals surface area contributed by atoms with E-state index in [4.69, 9.17) is 11.6 Å². The van der Waals surface area contributed by atoms with Gasteiger partial charge in [-0.05, 0) is 29.8 Å². The highest BCUT2D eigenvalue weighted by Crippen LogP contribution is 2.38. The molecule has 0 fully saturated rings. The number of aromatic nitrogens is 3. The van der Waals surface area contributed by atoms with Crippen molar-refractivity contribution in [1.29, 1.82) is 0 Å². The number of hydrogen-bond donors (Lipinski definition) is 2. The molecule has 7 heteroatoms. The Kier molecular flexibility index (Phi) is 4.18. The van der Waals surface area contributed by atoms with Crippen LogP contribution in [0.4, 0.5) is 11.6 Å². The van der Waals surface area contributed by atoms with Gasteiger partial charge in [-0.3, -0.25) is 4.79 Å². The van der Waals surface area contributed by atoms with Crippen molar-refractivity contribution in [2.45, 2.75) is 6.04 Å². The number of carbonyl (C=O) groups excluding carboxylic acids is 1. The molecule has 1 aromatic heterocycles. The van der Waals surface area contributed by atoms with Crippen molar-refractivity contribution in [2.75, 3.05) is 10.6 Å².